The molecule has 0 fully saturated rings. The first-order valence-electron chi connectivity index (χ1n) is 5.39. The zero-order valence-corrected chi connectivity index (χ0v) is 10.4. The fourth-order valence-corrected chi connectivity index (χ4v) is 2.36. The van der Waals surface area contributed by atoms with Gasteiger partial charge in [-0.3, -0.25) is 0 Å². The monoisotopic (exact) mass is 236 g/mol. The first-order chi connectivity index (χ1) is 7.69. The normalized spacial score (nSPS) is 11.2. The lowest BCUT2D eigenvalue weighted by atomic mass is 10.2. The lowest BCUT2D eigenvalue weighted by molar-refractivity contribution is 0.282. The molecular formula is C12H16N2OS. The smallest absolute Gasteiger partial charge is 0.0954 e. The maximum absolute atomic E-state index is 8.97. The average molecular weight is 236 g/mol. The van der Waals surface area contributed by atoms with E-state index in [-0.39, 0.29) is 6.61 Å². The SMILES string of the molecule is CC(C)c1nc(Cn2ccc(CO)c2)cs1. The summed E-state index contributed by atoms with van der Waals surface area (Å²) in [6.07, 6.45) is 3.92. The van der Waals surface area contributed by atoms with Crippen molar-refractivity contribution in [3.63, 3.8) is 0 Å². The van der Waals surface area contributed by atoms with Crippen LogP contribution in [-0.2, 0) is 13.2 Å². The van der Waals surface area contributed by atoms with Gasteiger partial charge < -0.3 is 9.67 Å². The molecule has 0 saturated carbocycles. The highest BCUT2D eigenvalue weighted by Crippen LogP contribution is 2.19. The van der Waals surface area contributed by atoms with Gasteiger partial charge in [0.15, 0.2) is 0 Å². The number of aromatic nitrogens is 2. The first-order valence-corrected chi connectivity index (χ1v) is 6.27. The summed E-state index contributed by atoms with van der Waals surface area (Å²) < 4.78 is 2.05. The van der Waals surface area contributed by atoms with E-state index in [1.165, 1.54) is 5.01 Å². The molecule has 4 heteroatoms. The number of hydrogen-bond acceptors (Lipinski definition) is 3. The van der Waals surface area contributed by atoms with Crippen LogP contribution in [-0.4, -0.2) is 14.7 Å². The highest BCUT2D eigenvalue weighted by Gasteiger charge is 2.06. The van der Waals surface area contributed by atoms with E-state index in [2.05, 4.69) is 24.2 Å². The summed E-state index contributed by atoms with van der Waals surface area (Å²) in [6.45, 7) is 5.19. The second-order valence-electron chi connectivity index (χ2n) is 4.18. The Bertz CT molecular complexity index is 459. The molecule has 0 aromatic carbocycles. The molecule has 2 rings (SSSR count). The molecule has 0 bridgehead atoms. The van der Waals surface area contributed by atoms with Gasteiger partial charge in [0, 0.05) is 23.7 Å². The van der Waals surface area contributed by atoms with Crippen molar-refractivity contribution in [1.29, 1.82) is 0 Å². The second kappa shape index (κ2) is 4.80. The molecule has 1 N–H and O–H groups in total. The van der Waals surface area contributed by atoms with Crippen molar-refractivity contribution in [2.45, 2.75) is 32.9 Å². The molecule has 0 aliphatic heterocycles. The molecule has 0 amide bonds. The molecule has 86 valence electrons. The zero-order chi connectivity index (χ0) is 11.5. The van der Waals surface area contributed by atoms with Crippen LogP contribution < -0.4 is 0 Å². The van der Waals surface area contributed by atoms with Gasteiger partial charge in [0.05, 0.1) is 23.9 Å². The predicted molar refractivity (Wildman–Crippen MR) is 65.7 cm³/mol. The third kappa shape index (κ3) is 2.51. The van der Waals surface area contributed by atoms with Crippen molar-refractivity contribution in [3.8, 4) is 0 Å². The number of rotatable bonds is 4. The Labute approximate surface area is 99.4 Å². The summed E-state index contributed by atoms with van der Waals surface area (Å²) >= 11 is 1.72. The molecule has 0 radical (unpaired) electrons. The van der Waals surface area contributed by atoms with Gasteiger partial charge in [-0.25, -0.2) is 4.98 Å². The van der Waals surface area contributed by atoms with Gasteiger partial charge in [0.25, 0.3) is 0 Å². The number of aliphatic hydroxyl groups is 1. The van der Waals surface area contributed by atoms with Crippen molar-refractivity contribution < 1.29 is 5.11 Å². The molecule has 3 nitrogen and oxygen atoms in total. The maximum atomic E-state index is 8.97. The number of nitrogens with zero attached hydrogens (tertiary/aromatic N) is 2. The third-order valence-electron chi connectivity index (χ3n) is 2.40. The van der Waals surface area contributed by atoms with E-state index >= 15 is 0 Å². The lowest BCUT2D eigenvalue weighted by Crippen LogP contribution is -1.97. The summed E-state index contributed by atoms with van der Waals surface area (Å²) in [6, 6.07) is 1.93. The van der Waals surface area contributed by atoms with E-state index in [0.29, 0.717) is 5.92 Å². The number of aliphatic hydroxyl groups excluding tert-OH is 1. The van der Waals surface area contributed by atoms with Crippen LogP contribution in [0.5, 0.6) is 0 Å². The van der Waals surface area contributed by atoms with Gasteiger partial charge >= 0.3 is 0 Å². The van der Waals surface area contributed by atoms with Crippen molar-refractivity contribution >= 4 is 11.3 Å². The van der Waals surface area contributed by atoms with Crippen molar-refractivity contribution in [1.82, 2.24) is 9.55 Å². The van der Waals surface area contributed by atoms with Crippen molar-refractivity contribution in [2.24, 2.45) is 0 Å². The van der Waals surface area contributed by atoms with Gasteiger partial charge in [0.2, 0.25) is 0 Å². The van der Waals surface area contributed by atoms with Crippen LogP contribution in [0, 0.1) is 0 Å². The van der Waals surface area contributed by atoms with Crippen LogP contribution in [0.15, 0.2) is 23.8 Å². The van der Waals surface area contributed by atoms with E-state index in [1.807, 2.05) is 23.0 Å². The summed E-state index contributed by atoms with van der Waals surface area (Å²) in [4.78, 5) is 4.58. The number of hydrogen-bond donors (Lipinski definition) is 1. The minimum Gasteiger partial charge on any atom is -0.392 e. The topological polar surface area (TPSA) is 38.0 Å². The molecule has 0 atom stereocenters. The highest BCUT2D eigenvalue weighted by molar-refractivity contribution is 7.09. The van der Waals surface area contributed by atoms with E-state index in [1.54, 1.807) is 11.3 Å². The van der Waals surface area contributed by atoms with Crippen LogP contribution >= 0.6 is 11.3 Å². The average Bonchev–Trinajstić information content (AvgIpc) is 2.87. The molecule has 2 heterocycles. The largest absolute Gasteiger partial charge is 0.392 e. The van der Waals surface area contributed by atoms with Crippen LogP contribution in [0.1, 0.15) is 36.0 Å². The standard InChI is InChI=1S/C12H16N2OS/c1-9(2)12-13-11(8-16-12)6-14-4-3-10(5-14)7-15/h3-5,8-9,15H,6-7H2,1-2H3. The highest BCUT2D eigenvalue weighted by atomic mass is 32.1. The Kier molecular flexibility index (Phi) is 3.41. The molecular weight excluding hydrogens is 220 g/mol. The fraction of sp³-hybridized carbons (Fsp3) is 0.417. The molecule has 2 aromatic heterocycles. The fourth-order valence-electron chi connectivity index (χ4n) is 1.53. The minimum atomic E-state index is 0.0985. The molecule has 16 heavy (non-hydrogen) atoms. The second-order valence-corrected chi connectivity index (χ2v) is 5.07. The van der Waals surface area contributed by atoms with Gasteiger partial charge in [-0.2, -0.15) is 0 Å². The van der Waals surface area contributed by atoms with E-state index in [0.717, 1.165) is 17.8 Å². The number of thiazole rings is 1. The minimum absolute atomic E-state index is 0.0985. The Hall–Kier alpha value is -1.13. The molecule has 0 unspecified atom stereocenters. The van der Waals surface area contributed by atoms with Crippen molar-refractivity contribution in [3.05, 3.63) is 40.1 Å². The quantitative estimate of drug-likeness (QED) is 0.886. The van der Waals surface area contributed by atoms with E-state index < -0.39 is 0 Å². The molecule has 0 aliphatic carbocycles. The van der Waals surface area contributed by atoms with Crippen LogP contribution in [0.2, 0.25) is 0 Å². The zero-order valence-electron chi connectivity index (χ0n) is 9.55. The van der Waals surface area contributed by atoms with Crippen LogP contribution in [0.25, 0.3) is 0 Å². The van der Waals surface area contributed by atoms with E-state index in [4.69, 9.17) is 5.11 Å². The Morgan fingerprint density at radius 3 is 2.88 bits per heavy atom. The predicted octanol–water partition coefficient (Wildman–Crippen LogP) is 2.61. The molecule has 2 aromatic rings. The van der Waals surface area contributed by atoms with Crippen molar-refractivity contribution in [2.75, 3.05) is 0 Å². The van der Waals surface area contributed by atoms with Crippen LogP contribution in [0.4, 0.5) is 0 Å². The summed E-state index contributed by atoms with van der Waals surface area (Å²) in [7, 11) is 0. The maximum Gasteiger partial charge on any atom is 0.0954 e. The molecule has 0 spiro atoms. The Morgan fingerprint density at radius 1 is 1.50 bits per heavy atom. The summed E-state index contributed by atoms with van der Waals surface area (Å²) in [5.74, 6) is 0.497. The van der Waals surface area contributed by atoms with Gasteiger partial charge in [0.1, 0.15) is 0 Å². The molecule has 0 aliphatic rings. The van der Waals surface area contributed by atoms with Gasteiger partial charge in [-0.15, -0.1) is 11.3 Å². The van der Waals surface area contributed by atoms with Crippen LogP contribution in [0.3, 0.4) is 0 Å². The summed E-state index contributed by atoms with van der Waals surface area (Å²) in [5.41, 5.74) is 2.04. The van der Waals surface area contributed by atoms with Gasteiger partial charge in [-0.05, 0) is 11.6 Å². The van der Waals surface area contributed by atoms with E-state index in [9.17, 15) is 0 Å². The lowest BCUT2D eigenvalue weighted by Gasteiger charge is -1.99. The summed E-state index contributed by atoms with van der Waals surface area (Å²) in [5, 5.41) is 12.3. The van der Waals surface area contributed by atoms with Gasteiger partial charge in [-0.1, -0.05) is 13.8 Å². The molecule has 0 saturated heterocycles. The Morgan fingerprint density at radius 2 is 2.31 bits per heavy atom. The Balaban J connectivity index is 2.08. The first kappa shape index (κ1) is 11.4. The third-order valence-corrected chi connectivity index (χ3v) is 3.60.